The van der Waals surface area contributed by atoms with Crippen LogP contribution in [0.15, 0.2) is 42.5 Å². The molecule has 7 heteroatoms. The van der Waals surface area contributed by atoms with E-state index in [1.165, 1.54) is 7.11 Å². The summed E-state index contributed by atoms with van der Waals surface area (Å²) in [6.45, 7) is 5.43. The second-order valence-electron chi connectivity index (χ2n) is 6.53. The molecule has 7 nitrogen and oxygen atoms in total. The van der Waals surface area contributed by atoms with Crippen LogP contribution < -0.4 is 24.8 Å². The Morgan fingerprint density at radius 2 is 1.50 bits per heavy atom. The van der Waals surface area contributed by atoms with Crippen molar-refractivity contribution in [2.45, 2.75) is 20.8 Å². The summed E-state index contributed by atoms with van der Waals surface area (Å²) < 4.78 is 16.0. The minimum atomic E-state index is -1.34. The summed E-state index contributed by atoms with van der Waals surface area (Å²) in [6, 6.07) is 12.1. The van der Waals surface area contributed by atoms with Gasteiger partial charge in [-0.05, 0) is 45.0 Å². The molecule has 0 unspecified atom stereocenters. The van der Waals surface area contributed by atoms with Crippen LogP contribution in [0.4, 0.5) is 11.4 Å². The van der Waals surface area contributed by atoms with Gasteiger partial charge in [0.15, 0.2) is 0 Å². The van der Waals surface area contributed by atoms with E-state index in [9.17, 15) is 9.59 Å². The number of hydrogen-bond acceptors (Lipinski definition) is 5. The van der Waals surface area contributed by atoms with Crippen molar-refractivity contribution < 1.29 is 23.8 Å². The molecule has 0 aliphatic carbocycles. The molecule has 2 rings (SSSR count). The molecule has 0 atom stereocenters. The maximum atomic E-state index is 12.8. The van der Waals surface area contributed by atoms with Crippen LogP contribution in [0.25, 0.3) is 0 Å². The highest BCUT2D eigenvalue weighted by Gasteiger charge is 2.37. The summed E-state index contributed by atoms with van der Waals surface area (Å²) in [5.41, 5.74) is -0.384. The van der Waals surface area contributed by atoms with Gasteiger partial charge >= 0.3 is 0 Å². The standard InChI is InChI=1S/C21H26N2O5/c1-6-28-17-10-8-7-9-15(17)22-19(24)21(2,3)20(25)23-16-12-11-14(26-4)13-18(16)27-5/h7-13H,6H2,1-5H3,(H,22,24)(H,23,25). The summed E-state index contributed by atoms with van der Waals surface area (Å²) >= 11 is 0. The molecule has 0 bridgehead atoms. The third-order valence-electron chi connectivity index (χ3n) is 4.23. The fourth-order valence-electron chi connectivity index (χ4n) is 2.41. The fraction of sp³-hybridized carbons (Fsp3) is 0.333. The Morgan fingerprint density at radius 1 is 0.893 bits per heavy atom. The largest absolute Gasteiger partial charge is 0.497 e. The Bertz CT molecular complexity index is 848. The van der Waals surface area contributed by atoms with E-state index in [4.69, 9.17) is 14.2 Å². The van der Waals surface area contributed by atoms with Gasteiger partial charge in [-0.3, -0.25) is 9.59 Å². The molecule has 2 N–H and O–H groups in total. The minimum Gasteiger partial charge on any atom is -0.497 e. The monoisotopic (exact) mass is 386 g/mol. The highest BCUT2D eigenvalue weighted by atomic mass is 16.5. The van der Waals surface area contributed by atoms with Crippen LogP contribution in [0.1, 0.15) is 20.8 Å². The summed E-state index contributed by atoms with van der Waals surface area (Å²) in [6.07, 6.45) is 0. The zero-order valence-corrected chi connectivity index (χ0v) is 16.8. The van der Waals surface area contributed by atoms with Crippen LogP contribution in [-0.4, -0.2) is 32.6 Å². The molecule has 150 valence electrons. The molecule has 0 saturated heterocycles. The van der Waals surface area contributed by atoms with Crippen LogP contribution in [0.2, 0.25) is 0 Å². The van der Waals surface area contributed by atoms with E-state index in [-0.39, 0.29) is 0 Å². The number of nitrogens with one attached hydrogen (secondary N) is 2. The van der Waals surface area contributed by atoms with E-state index in [1.54, 1.807) is 57.4 Å². The molecular formula is C21H26N2O5. The molecule has 0 heterocycles. The smallest absolute Gasteiger partial charge is 0.239 e. The van der Waals surface area contributed by atoms with Crippen molar-refractivity contribution in [1.82, 2.24) is 0 Å². The molecule has 0 spiro atoms. The van der Waals surface area contributed by atoms with E-state index in [0.29, 0.717) is 35.2 Å². The molecule has 2 aromatic rings. The Hall–Kier alpha value is -3.22. The molecule has 28 heavy (non-hydrogen) atoms. The van der Waals surface area contributed by atoms with Gasteiger partial charge < -0.3 is 24.8 Å². The van der Waals surface area contributed by atoms with Gasteiger partial charge in [-0.1, -0.05) is 12.1 Å². The number of hydrogen-bond donors (Lipinski definition) is 2. The van der Waals surface area contributed by atoms with Gasteiger partial charge in [-0.15, -0.1) is 0 Å². The molecule has 2 aromatic carbocycles. The Morgan fingerprint density at radius 3 is 2.07 bits per heavy atom. The number of methoxy groups -OCH3 is 2. The van der Waals surface area contributed by atoms with Crippen molar-refractivity contribution >= 4 is 23.2 Å². The molecule has 0 aliphatic heterocycles. The Balaban J connectivity index is 2.17. The first-order valence-corrected chi connectivity index (χ1v) is 8.90. The first-order chi connectivity index (χ1) is 13.3. The summed E-state index contributed by atoms with van der Waals surface area (Å²) in [5.74, 6) is 0.656. The summed E-state index contributed by atoms with van der Waals surface area (Å²) in [7, 11) is 3.04. The molecule has 0 saturated carbocycles. The van der Waals surface area contributed by atoms with Gasteiger partial charge in [0, 0.05) is 6.07 Å². The topological polar surface area (TPSA) is 85.9 Å². The van der Waals surface area contributed by atoms with Gasteiger partial charge in [0.2, 0.25) is 11.8 Å². The summed E-state index contributed by atoms with van der Waals surface area (Å²) in [5, 5.41) is 5.52. The van der Waals surface area contributed by atoms with E-state index in [0.717, 1.165) is 0 Å². The number of para-hydroxylation sites is 2. The number of carbonyl (C=O) groups is 2. The van der Waals surface area contributed by atoms with E-state index >= 15 is 0 Å². The van der Waals surface area contributed by atoms with Crippen LogP contribution >= 0.6 is 0 Å². The van der Waals surface area contributed by atoms with Gasteiger partial charge in [0.05, 0.1) is 32.2 Å². The second-order valence-corrected chi connectivity index (χ2v) is 6.53. The number of rotatable bonds is 8. The number of ether oxygens (including phenoxy) is 3. The fourth-order valence-corrected chi connectivity index (χ4v) is 2.41. The predicted molar refractivity (Wildman–Crippen MR) is 108 cm³/mol. The summed E-state index contributed by atoms with van der Waals surface area (Å²) in [4.78, 5) is 25.6. The lowest BCUT2D eigenvalue weighted by atomic mass is 9.90. The van der Waals surface area contributed by atoms with Crippen molar-refractivity contribution in [2.24, 2.45) is 5.41 Å². The van der Waals surface area contributed by atoms with Crippen LogP contribution in [0, 0.1) is 5.41 Å². The highest BCUT2D eigenvalue weighted by molar-refractivity contribution is 6.14. The van der Waals surface area contributed by atoms with Gasteiger partial charge in [-0.2, -0.15) is 0 Å². The maximum Gasteiger partial charge on any atom is 0.239 e. The molecule has 0 aromatic heterocycles. The SMILES string of the molecule is CCOc1ccccc1NC(=O)C(C)(C)C(=O)Nc1ccc(OC)cc1OC. The number of anilines is 2. The quantitative estimate of drug-likeness (QED) is 0.676. The van der Waals surface area contributed by atoms with E-state index < -0.39 is 17.2 Å². The van der Waals surface area contributed by atoms with Crippen molar-refractivity contribution in [3.05, 3.63) is 42.5 Å². The molecule has 0 fully saturated rings. The maximum absolute atomic E-state index is 12.8. The first-order valence-electron chi connectivity index (χ1n) is 8.90. The number of carbonyl (C=O) groups excluding carboxylic acids is 2. The number of amides is 2. The molecular weight excluding hydrogens is 360 g/mol. The highest BCUT2D eigenvalue weighted by Crippen LogP contribution is 2.31. The van der Waals surface area contributed by atoms with E-state index in [1.807, 2.05) is 13.0 Å². The Labute approximate surface area is 165 Å². The van der Waals surface area contributed by atoms with Crippen molar-refractivity contribution in [1.29, 1.82) is 0 Å². The average Bonchev–Trinajstić information content (AvgIpc) is 2.69. The second kappa shape index (κ2) is 9.12. The van der Waals surface area contributed by atoms with Gasteiger partial charge in [0.1, 0.15) is 22.7 Å². The normalized spacial score (nSPS) is 10.8. The van der Waals surface area contributed by atoms with Crippen molar-refractivity contribution in [3.8, 4) is 17.2 Å². The first kappa shape index (κ1) is 21.1. The average molecular weight is 386 g/mol. The third kappa shape index (κ3) is 4.73. The molecule has 2 amide bonds. The van der Waals surface area contributed by atoms with Gasteiger partial charge in [-0.25, -0.2) is 0 Å². The lowest BCUT2D eigenvalue weighted by Crippen LogP contribution is -2.41. The zero-order chi connectivity index (χ0) is 20.7. The third-order valence-corrected chi connectivity index (χ3v) is 4.23. The lowest BCUT2D eigenvalue weighted by molar-refractivity contribution is -0.135. The van der Waals surface area contributed by atoms with Crippen molar-refractivity contribution in [2.75, 3.05) is 31.5 Å². The predicted octanol–water partition coefficient (Wildman–Crippen LogP) is 3.71. The number of benzene rings is 2. The zero-order valence-electron chi connectivity index (χ0n) is 16.8. The van der Waals surface area contributed by atoms with Crippen LogP contribution in [-0.2, 0) is 9.59 Å². The van der Waals surface area contributed by atoms with E-state index in [2.05, 4.69) is 10.6 Å². The van der Waals surface area contributed by atoms with Crippen LogP contribution in [0.5, 0.6) is 17.2 Å². The molecule has 0 aliphatic rings. The van der Waals surface area contributed by atoms with Crippen LogP contribution in [0.3, 0.4) is 0 Å². The molecule has 0 radical (unpaired) electrons. The Kier molecular flexibility index (Phi) is 6.87. The van der Waals surface area contributed by atoms with Crippen molar-refractivity contribution in [3.63, 3.8) is 0 Å². The van der Waals surface area contributed by atoms with Gasteiger partial charge in [0.25, 0.3) is 0 Å². The minimum absolute atomic E-state index is 0.436. The lowest BCUT2D eigenvalue weighted by Gasteiger charge is -2.24.